The summed E-state index contributed by atoms with van der Waals surface area (Å²) in [5.74, 6) is 0.786. The molecule has 0 aliphatic rings. The van der Waals surface area contributed by atoms with Crippen LogP contribution < -0.4 is 10.5 Å². The lowest BCUT2D eigenvalue weighted by Crippen LogP contribution is -2.00. The van der Waals surface area contributed by atoms with Gasteiger partial charge in [0.1, 0.15) is 12.4 Å². The normalized spacial score (nSPS) is 10.2. The van der Waals surface area contributed by atoms with Gasteiger partial charge >= 0.3 is 0 Å². The molecule has 88 valence electrons. The Morgan fingerprint density at radius 2 is 1.82 bits per heavy atom. The molecule has 0 aliphatic heterocycles. The number of rotatable bonds is 3. The predicted octanol–water partition coefficient (Wildman–Crippen LogP) is 3.81. The van der Waals surface area contributed by atoms with Gasteiger partial charge in [0.15, 0.2) is 0 Å². The van der Waals surface area contributed by atoms with Crippen molar-refractivity contribution < 1.29 is 4.74 Å². The van der Waals surface area contributed by atoms with Crippen molar-refractivity contribution in [3.05, 3.63) is 58.6 Å². The minimum atomic E-state index is 0.466. The van der Waals surface area contributed by atoms with E-state index >= 15 is 0 Å². The van der Waals surface area contributed by atoms with Crippen LogP contribution in [0.3, 0.4) is 0 Å². The summed E-state index contributed by atoms with van der Waals surface area (Å²) in [5, 5.41) is 0.701. The smallest absolute Gasteiger partial charge is 0.119 e. The number of nitrogen functional groups attached to an aromatic ring is 1. The Morgan fingerprint density at radius 3 is 2.47 bits per heavy atom. The van der Waals surface area contributed by atoms with Crippen LogP contribution >= 0.6 is 11.6 Å². The molecule has 2 aromatic carbocycles. The molecule has 0 aromatic heterocycles. The molecule has 2 nitrogen and oxygen atoms in total. The van der Waals surface area contributed by atoms with Crippen LogP contribution in [0.2, 0.25) is 5.02 Å². The Labute approximate surface area is 106 Å². The molecule has 0 amide bonds. The summed E-state index contributed by atoms with van der Waals surface area (Å²) in [6, 6.07) is 13.2. The van der Waals surface area contributed by atoms with Crippen molar-refractivity contribution in [1.29, 1.82) is 0 Å². The summed E-state index contributed by atoms with van der Waals surface area (Å²) in [6.07, 6.45) is 0. The van der Waals surface area contributed by atoms with Crippen molar-refractivity contribution in [2.75, 3.05) is 5.73 Å². The molecule has 0 aliphatic carbocycles. The number of halogens is 1. The van der Waals surface area contributed by atoms with Gasteiger partial charge in [0.05, 0.1) is 0 Å². The largest absolute Gasteiger partial charge is 0.489 e. The fourth-order valence-corrected chi connectivity index (χ4v) is 1.66. The van der Waals surface area contributed by atoms with E-state index in [9.17, 15) is 0 Å². The Kier molecular flexibility index (Phi) is 3.55. The van der Waals surface area contributed by atoms with Crippen LogP contribution in [0.25, 0.3) is 0 Å². The molecule has 0 spiro atoms. The van der Waals surface area contributed by atoms with Gasteiger partial charge in [-0.25, -0.2) is 0 Å². The van der Waals surface area contributed by atoms with Crippen molar-refractivity contribution in [2.24, 2.45) is 0 Å². The zero-order valence-corrected chi connectivity index (χ0v) is 10.4. The van der Waals surface area contributed by atoms with Crippen LogP contribution in [-0.2, 0) is 6.61 Å². The third kappa shape index (κ3) is 3.14. The maximum atomic E-state index is 5.91. The number of hydrogen-bond acceptors (Lipinski definition) is 2. The van der Waals surface area contributed by atoms with Crippen LogP contribution in [0.1, 0.15) is 11.1 Å². The molecule has 0 bridgehead atoms. The van der Waals surface area contributed by atoms with Crippen molar-refractivity contribution in [3.63, 3.8) is 0 Å². The van der Waals surface area contributed by atoms with Crippen LogP contribution in [0, 0.1) is 6.92 Å². The molecule has 0 radical (unpaired) electrons. The van der Waals surface area contributed by atoms with Gasteiger partial charge < -0.3 is 10.5 Å². The second kappa shape index (κ2) is 5.11. The van der Waals surface area contributed by atoms with Gasteiger partial charge in [-0.3, -0.25) is 0 Å². The summed E-state index contributed by atoms with van der Waals surface area (Å²) in [7, 11) is 0. The van der Waals surface area contributed by atoms with Gasteiger partial charge in [-0.15, -0.1) is 0 Å². The topological polar surface area (TPSA) is 35.2 Å². The average Bonchev–Trinajstić information content (AvgIpc) is 2.30. The van der Waals surface area contributed by atoms with E-state index in [0.717, 1.165) is 22.6 Å². The fourth-order valence-electron chi connectivity index (χ4n) is 1.54. The molecule has 17 heavy (non-hydrogen) atoms. The maximum Gasteiger partial charge on any atom is 0.119 e. The quantitative estimate of drug-likeness (QED) is 0.837. The highest BCUT2D eigenvalue weighted by atomic mass is 35.5. The highest BCUT2D eigenvalue weighted by Crippen LogP contribution is 2.19. The molecular weight excluding hydrogens is 234 g/mol. The second-order valence-corrected chi connectivity index (χ2v) is 4.38. The predicted molar refractivity (Wildman–Crippen MR) is 71.4 cm³/mol. The van der Waals surface area contributed by atoms with Crippen molar-refractivity contribution in [3.8, 4) is 5.75 Å². The molecule has 0 saturated carbocycles. The van der Waals surface area contributed by atoms with Gasteiger partial charge in [0.25, 0.3) is 0 Å². The molecule has 0 saturated heterocycles. The van der Waals surface area contributed by atoms with E-state index in [1.807, 2.05) is 37.3 Å². The van der Waals surface area contributed by atoms with E-state index in [0.29, 0.717) is 11.6 Å². The highest BCUT2D eigenvalue weighted by Gasteiger charge is 2.00. The maximum absolute atomic E-state index is 5.91. The number of anilines is 1. The lowest BCUT2D eigenvalue weighted by Gasteiger charge is -2.09. The molecule has 0 fully saturated rings. The van der Waals surface area contributed by atoms with Crippen molar-refractivity contribution in [2.45, 2.75) is 13.5 Å². The Hall–Kier alpha value is -1.67. The molecule has 0 heterocycles. The van der Waals surface area contributed by atoms with E-state index in [1.165, 1.54) is 0 Å². The number of benzene rings is 2. The highest BCUT2D eigenvalue weighted by molar-refractivity contribution is 6.30. The summed E-state index contributed by atoms with van der Waals surface area (Å²) < 4.78 is 5.63. The number of ether oxygens (including phenoxy) is 1. The van der Waals surface area contributed by atoms with Gasteiger partial charge in [0.2, 0.25) is 0 Å². The lowest BCUT2D eigenvalue weighted by atomic mass is 10.1. The molecule has 2 rings (SSSR count). The minimum absolute atomic E-state index is 0.466. The van der Waals surface area contributed by atoms with Crippen LogP contribution in [0.5, 0.6) is 5.75 Å². The van der Waals surface area contributed by atoms with Crippen LogP contribution in [0.15, 0.2) is 42.5 Å². The summed E-state index contributed by atoms with van der Waals surface area (Å²) >= 11 is 5.80. The first-order chi connectivity index (χ1) is 8.15. The van der Waals surface area contributed by atoms with Gasteiger partial charge in [-0.1, -0.05) is 23.7 Å². The first kappa shape index (κ1) is 11.8. The first-order valence-electron chi connectivity index (χ1n) is 5.38. The van der Waals surface area contributed by atoms with Gasteiger partial charge in [0, 0.05) is 16.3 Å². The molecule has 2 aromatic rings. The number of hydrogen-bond donors (Lipinski definition) is 1. The molecular formula is C14H14ClNO. The van der Waals surface area contributed by atoms with E-state index in [2.05, 4.69) is 0 Å². The SMILES string of the molecule is Cc1ccc(COc2ccc(Cl)cc2)c(N)c1. The van der Waals surface area contributed by atoms with Crippen LogP contribution in [0.4, 0.5) is 5.69 Å². The van der Waals surface area contributed by atoms with E-state index < -0.39 is 0 Å². The molecule has 3 heteroatoms. The molecule has 2 N–H and O–H groups in total. The summed E-state index contributed by atoms with van der Waals surface area (Å²) in [6.45, 7) is 2.48. The zero-order valence-electron chi connectivity index (χ0n) is 9.61. The minimum Gasteiger partial charge on any atom is -0.489 e. The monoisotopic (exact) mass is 247 g/mol. The number of aryl methyl sites for hydroxylation is 1. The molecule has 0 unspecified atom stereocenters. The number of nitrogens with two attached hydrogens (primary N) is 1. The Morgan fingerprint density at radius 1 is 1.12 bits per heavy atom. The Balaban J connectivity index is 2.04. The Bertz CT molecular complexity index is 508. The van der Waals surface area contributed by atoms with Crippen molar-refractivity contribution >= 4 is 17.3 Å². The molecule has 0 atom stereocenters. The lowest BCUT2D eigenvalue weighted by molar-refractivity contribution is 0.307. The van der Waals surface area contributed by atoms with Crippen molar-refractivity contribution in [1.82, 2.24) is 0 Å². The van der Waals surface area contributed by atoms with E-state index in [-0.39, 0.29) is 0 Å². The average molecular weight is 248 g/mol. The standard InChI is InChI=1S/C14H14ClNO/c1-10-2-3-11(14(16)8-10)9-17-13-6-4-12(15)5-7-13/h2-8H,9,16H2,1H3. The van der Waals surface area contributed by atoms with E-state index in [4.69, 9.17) is 22.1 Å². The van der Waals surface area contributed by atoms with E-state index in [1.54, 1.807) is 12.1 Å². The van der Waals surface area contributed by atoms with Crippen LogP contribution in [-0.4, -0.2) is 0 Å². The third-order valence-electron chi connectivity index (χ3n) is 2.51. The second-order valence-electron chi connectivity index (χ2n) is 3.94. The summed E-state index contributed by atoms with van der Waals surface area (Å²) in [4.78, 5) is 0. The first-order valence-corrected chi connectivity index (χ1v) is 5.76. The van der Waals surface area contributed by atoms with Gasteiger partial charge in [-0.05, 0) is 42.8 Å². The summed E-state index contributed by atoms with van der Waals surface area (Å²) in [5.41, 5.74) is 8.81. The third-order valence-corrected chi connectivity index (χ3v) is 2.76. The fraction of sp³-hybridized carbons (Fsp3) is 0.143. The zero-order chi connectivity index (χ0) is 12.3. The van der Waals surface area contributed by atoms with Gasteiger partial charge in [-0.2, -0.15) is 0 Å².